The van der Waals surface area contributed by atoms with Gasteiger partial charge in [0.1, 0.15) is 11.4 Å². The van der Waals surface area contributed by atoms with Crippen LogP contribution >= 0.6 is 0 Å². The fourth-order valence-electron chi connectivity index (χ4n) is 1.43. The number of nitrogen functional groups attached to an aromatic ring is 1. The highest BCUT2D eigenvalue weighted by Gasteiger charge is 2.21. The van der Waals surface area contributed by atoms with E-state index in [9.17, 15) is 4.79 Å². The topological polar surface area (TPSA) is 64.2 Å². The first-order chi connectivity index (χ1) is 7.49. The Morgan fingerprint density at radius 2 is 2.38 bits per heavy atom. The van der Waals surface area contributed by atoms with Gasteiger partial charge < -0.3 is 10.6 Å². The summed E-state index contributed by atoms with van der Waals surface area (Å²) in [5.41, 5.74) is 6.21. The first-order valence-electron chi connectivity index (χ1n) is 5.18. The van der Waals surface area contributed by atoms with E-state index in [2.05, 4.69) is 11.7 Å². The van der Waals surface area contributed by atoms with E-state index in [1.807, 2.05) is 13.8 Å². The minimum Gasteiger partial charge on any atom is -0.383 e. The predicted molar refractivity (Wildman–Crippen MR) is 64.0 cm³/mol. The van der Waals surface area contributed by atoms with Gasteiger partial charge in [0.05, 0.1) is 6.20 Å². The van der Waals surface area contributed by atoms with Crippen LogP contribution in [0.5, 0.6) is 0 Å². The number of nitrogens with zero attached hydrogens (tertiary/aromatic N) is 3. The lowest BCUT2D eigenvalue weighted by atomic mass is 10.2. The van der Waals surface area contributed by atoms with Crippen LogP contribution in [0.2, 0.25) is 0 Å². The normalized spacial score (nSPS) is 10.5. The summed E-state index contributed by atoms with van der Waals surface area (Å²) >= 11 is 0. The minimum atomic E-state index is -0.111. The molecule has 1 rings (SSSR count). The number of anilines is 1. The summed E-state index contributed by atoms with van der Waals surface area (Å²) in [7, 11) is 1.71. The van der Waals surface area contributed by atoms with Crippen molar-refractivity contribution < 1.29 is 4.79 Å². The summed E-state index contributed by atoms with van der Waals surface area (Å²) in [6.07, 6.45) is 3.20. The number of aromatic nitrogens is 2. The number of carbonyl (C=O) groups is 1. The van der Waals surface area contributed by atoms with Crippen LogP contribution in [-0.4, -0.2) is 33.2 Å². The van der Waals surface area contributed by atoms with Gasteiger partial charge in [-0.3, -0.25) is 9.48 Å². The zero-order valence-corrected chi connectivity index (χ0v) is 9.97. The van der Waals surface area contributed by atoms with E-state index >= 15 is 0 Å². The average molecular weight is 222 g/mol. The van der Waals surface area contributed by atoms with Gasteiger partial charge in [-0.25, -0.2) is 0 Å². The summed E-state index contributed by atoms with van der Waals surface area (Å²) < 4.78 is 1.49. The molecule has 0 aliphatic carbocycles. The number of aryl methyl sites for hydroxylation is 1. The molecule has 5 nitrogen and oxygen atoms in total. The monoisotopic (exact) mass is 222 g/mol. The second-order valence-corrected chi connectivity index (χ2v) is 3.91. The van der Waals surface area contributed by atoms with E-state index in [0.29, 0.717) is 17.9 Å². The van der Waals surface area contributed by atoms with Gasteiger partial charge in [-0.1, -0.05) is 6.08 Å². The van der Waals surface area contributed by atoms with Crippen molar-refractivity contribution in [1.29, 1.82) is 0 Å². The lowest BCUT2D eigenvalue weighted by Crippen LogP contribution is -2.37. The van der Waals surface area contributed by atoms with Gasteiger partial charge in [0.25, 0.3) is 5.91 Å². The summed E-state index contributed by atoms with van der Waals surface area (Å²) in [5.74, 6) is 0.278. The number of hydrogen-bond acceptors (Lipinski definition) is 3. The molecule has 0 aliphatic heterocycles. The molecule has 0 saturated heterocycles. The number of rotatable bonds is 4. The van der Waals surface area contributed by atoms with Crippen LogP contribution in [0.3, 0.4) is 0 Å². The van der Waals surface area contributed by atoms with Crippen molar-refractivity contribution in [2.45, 2.75) is 19.9 Å². The standard InChI is InChI=1S/C11H18N4O/c1-5-6-15(8(2)3)11(16)9-7-13-14(4)10(9)12/h5,7-8H,1,6,12H2,2-4H3. The van der Waals surface area contributed by atoms with Crippen LogP contribution in [0.4, 0.5) is 5.82 Å². The Morgan fingerprint density at radius 1 is 1.75 bits per heavy atom. The molecule has 1 amide bonds. The molecule has 0 saturated carbocycles. The Kier molecular flexibility index (Phi) is 3.71. The summed E-state index contributed by atoms with van der Waals surface area (Å²) in [6.45, 7) is 8.05. The number of carbonyl (C=O) groups excluding carboxylic acids is 1. The van der Waals surface area contributed by atoms with E-state index in [1.165, 1.54) is 10.9 Å². The Bertz CT molecular complexity index is 395. The average Bonchev–Trinajstić information content (AvgIpc) is 2.55. The van der Waals surface area contributed by atoms with Crippen molar-refractivity contribution in [2.24, 2.45) is 7.05 Å². The van der Waals surface area contributed by atoms with Crippen molar-refractivity contribution >= 4 is 11.7 Å². The van der Waals surface area contributed by atoms with Gasteiger partial charge >= 0.3 is 0 Å². The quantitative estimate of drug-likeness (QED) is 0.774. The maximum atomic E-state index is 12.2. The Labute approximate surface area is 95.5 Å². The summed E-state index contributed by atoms with van der Waals surface area (Å²) in [4.78, 5) is 13.9. The molecule has 0 unspecified atom stereocenters. The molecule has 0 radical (unpaired) electrons. The van der Waals surface area contributed by atoms with Crippen LogP contribution < -0.4 is 5.73 Å². The molecule has 0 bridgehead atoms. The molecule has 0 aromatic carbocycles. The Morgan fingerprint density at radius 3 is 2.75 bits per heavy atom. The summed E-state index contributed by atoms with van der Waals surface area (Å²) in [6, 6.07) is 0.102. The number of hydrogen-bond donors (Lipinski definition) is 1. The van der Waals surface area contributed by atoms with Gasteiger partial charge in [0.15, 0.2) is 0 Å². The fraction of sp³-hybridized carbons (Fsp3) is 0.455. The molecular formula is C11H18N4O. The van der Waals surface area contributed by atoms with Crippen molar-refractivity contribution in [2.75, 3.05) is 12.3 Å². The highest BCUT2D eigenvalue weighted by Crippen LogP contribution is 2.14. The molecule has 5 heteroatoms. The van der Waals surface area contributed by atoms with Crippen molar-refractivity contribution in [3.63, 3.8) is 0 Å². The fourth-order valence-corrected chi connectivity index (χ4v) is 1.43. The highest BCUT2D eigenvalue weighted by atomic mass is 16.2. The van der Waals surface area contributed by atoms with E-state index < -0.39 is 0 Å². The van der Waals surface area contributed by atoms with Crippen molar-refractivity contribution in [3.05, 3.63) is 24.4 Å². The molecule has 1 aromatic heterocycles. The van der Waals surface area contributed by atoms with E-state index in [0.717, 1.165) is 0 Å². The van der Waals surface area contributed by atoms with Crippen molar-refractivity contribution in [3.8, 4) is 0 Å². The Balaban J connectivity index is 2.99. The summed E-state index contributed by atoms with van der Waals surface area (Å²) in [5, 5.41) is 3.96. The zero-order valence-electron chi connectivity index (χ0n) is 9.97. The first kappa shape index (κ1) is 12.3. The molecular weight excluding hydrogens is 204 g/mol. The lowest BCUT2D eigenvalue weighted by Gasteiger charge is -2.25. The first-order valence-corrected chi connectivity index (χ1v) is 5.18. The molecule has 0 aliphatic rings. The van der Waals surface area contributed by atoms with Gasteiger partial charge in [0.2, 0.25) is 0 Å². The smallest absolute Gasteiger partial charge is 0.259 e. The second kappa shape index (κ2) is 4.83. The zero-order chi connectivity index (χ0) is 12.3. The molecule has 0 atom stereocenters. The predicted octanol–water partition coefficient (Wildman–Crippen LogP) is 1.04. The molecule has 0 spiro atoms. The van der Waals surface area contributed by atoms with Crippen LogP contribution in [0.1, 0.15) is 24.2 Å². The van der Waals surface area contributed by atoms with E-state index in [4.69, 9.17) is 5.73 Å². The maximum Gasteiger partial charge on any atom is 0.259 e. The van der Waals surface area contributed by atoms with Gasteiger partial charge in [0, 0.05) is 19.6 Å². The van der Waals surface area contributed by atoms with Gasteiger partial charge in [-0.05, 0) is 13.8 Å². The van der Waals surface area contributed by atoms with E-state index in [1.54, 1.807) is 18.0 Å². The van der Waals surface area contributed by atoms with Crippen LogP contribution in [0.15, 0.2) is 18.9 Å². The maximum absolute atomic E-state index is 12.2. The molecule has 0 fully saturated rings. The number of amides is 1. The van der Waals surface area contributed by atoms with Crippen LogP contribution in [0, 0.1) is 0 Å². The third-order valence-corrected chi connectivity index (χ3v) is 2.43. The second-order valence-electron chi connectivity index (χ2n) is 3.91. The number of nitrogens with two attached hydrogens (primary N) is 1. The van der Waals surface area contributed by atoms with Crippen LogP contribution in [0.25, 0.3) is 0 Å². The molecule has 1 heterocycles. The van der Waals surface area contributed by atoms with E-state index in [-0.39, 0.29) is 11.9 Å². The molecule has 88 valence electrons. The van der Waals surface area contributed by atoms with Crippen LogP contribution in [-0.2, 0) is 7.05 Å². The highest BCUT2D eigenvalue weighted by molar-refractivity contribution is 5.98. The lowest BCUT2D eigenvalue weighted by molar-refractivity contribution is 0.0730. The minimum absolute atomic E-state index is 0.102. The molecule has 16 heavy (non-hydrogen) atoms. The third-order valence-electron chi connectivity index (χ3n) is 2.43. The van der Waals surface area contributed by atoms with Gasteiger partial charge in [-0.15, -0.1) is 6.58 Å². The van der Waals surface area contributed by atoms with Crippen molar-refractivity contribution in [1.82, 2.24) is 14.7 Å². The van der Waals surface area contributed by atoms with Gasteiger partial charge in [-0.2, -0.15) is 5.10 Å². The largest absolute Gasteiger partial charge is 0.383 e. The third kappa shape index (κ3) is 2.24. The SMILES string of the molecule is C=CCN(C(=O)c1cnn(C)c1N)C(C)C. The molecule has 2 N–H and O–H groups in total. The Hall–Kier alpha value is -1.78. The molecule has 1 aromatic rings.